The molecule has 0 atom stereocenters. The lowest BCUT2D eigenvalue weighted by Gasteiger charge is -2.22. The van der Waals surface area contributed by atoms with Crippen LogP contribution in [0.1, 0.15) is 32.0 Å². The first-order valence-corrected chi connectivity index (χ1v) is 9.28. The van der Waals surface area contributed by atoms with Gasteiger partial charge < -0.3 is 5.32 Å². The predicted molar refractivity (Wildman–Crippen MR) is 114 cm³/mol. The molecular formula is C24H22N4. The fourth-order valence-corrected chi connectivity index (χ4v) is 2.96. The van der Waals surface area contributed by atoms with Gasteiger partial charge in [-0.05, 0) is 63.1 Å². The second-order valence-electron chi connectivity index (χ2n) is 7.66. The van der Waals surface area contributed by atoms with Crippen molar-refractivity contribution in [2.45, 2.75) is 26.3 Å². The zero-order valence-corrected chi connectivity index (χ0v) is 16.3. The van der Waals surface area contributed by atoms with E-state index in [4.69, 9.17) is 4.98 Å². The summed E-state index contributed by atoms with van der Waals surface area (Å²) in [4.78, 5) is 9.08. The molecule has 4 aromatic rings. The molecule has 138 valence electrons. The average molecular weight is 366 g/mol. The average Bonchev–Trinajstić information content (AvgIpc) is 3.05. The monoisotopic (exact) mass is 366 g/mol. The third-order valence-corrected chi connectivity index (χ3v) is 4.18. The number of hydrogen-bond acceptors (Lipinski definition) is 3. The van der Waals surface area contributed by atoms with Gasteiger partial charge in [0.15, 0.2) is 0 Å². The lowest BCUT2D eigenvalue weighted by Crippen LogP contribution is -2.27. The summed E-state index contributed by atoms with van der Waals surface area (Å²) in [6, 6.07) is 20.0. The minimum atomic E-state index is -0.0747. The molecule has 0 aliphatic carbocycles. The highest BCUT2D eigenvalue weighted by Crippen LogP contribution is 2.30. The van der Waals surface area contributed by atoms with Gasteiger partial charge in [-0.25, -0.2) is 9.97 Å². The maximum absolute atomic E-state index is 4.84. The van der Waals surface area contributed by atoms with Crippen LogP contribution in [0.5, 0.6) is 0 Å². The second kappa shape index (κ2) is 7.21. The van der Waals surface area contributed by atoms with Gasteiger partial charge in [0.2, 0.25) is 0 Å². The van der Waals surface area contributed by atoms with E-state index in [1.165, 1.54) is 0 Å². The maximum Gasteiger partial charge on any atom is 0.139 e. The third-order valence-electron chi connectivity index (χ3n) is 4.18. The summed E-state index contributed by atoms with van der Waals surface area (Å²) < 4.78 is 2.09. The van der Waals surface area contributed by atoms with E-state index in [0.717, 1.165) is 34.0 Å². The van der Waals surface area contributed by atoms with Gasteiger partial charge >= 0.3 is 0 Å². The normalized spacial score (nSPS) is 11.1. The molecule has 0 fully saturated rings. The van der Waals surface area contributed by atoms with Gasteiger partial charge in [0.05, 0.1) is 0 Å². The lowest BCUT2D eigenvalue weighted by molar-refractivity contribution is 0.629. The van der Waals surface area contributed by atoms with E-state index in [2.05, 4.69) is 59.4 Å². The smallest absolute Gasteiger partial charge is 0.139 e. The van der Waals surface area contributed by atoms with Crippen molar-refractivity contribution in [3.8, 4) is 23.1 Å². The van der Waals surface area contributed by atoms with Crippen molar-refractivity contribution < 1.29 is 0 Å². The Bertz CT molecular complexity index is 1150. The number of nitrogens with one attached hydrogen (secondary N) is 1. The van der Waals surface area contributed by atoms with Gasteiger partial charge in [0.25, 0.3) is 0 Å². The molecule has 0 saturated heterocycles. The summed E-state index contributed by atoms with van der Waals surface area (Å²) in [5, 5.41) is 3.60. The first kappa shape index (κ1) is 17.8. The molecule has 0 unspecified atom stereocenters. The van der Waals surface area contributed by atoms with Crippen molar-refractivity contribution in [3.05, 3.63) is 84.3 Å². The Hall–Kier alpha value is -3.58. The van der Waals surface area contributed by atoms with Crippen molar-refractivity contribution in [2.24, 2.45) is 0 Å². The van der Waals surface area contributed by atoms with Crippen LogP contribution < -0.4 is 5.32 Å². The fraction of sp³-hybridized carbons (Fsp3) is 0.167. The summed E-state index contributed by atoms with van der Waals surface area (Å²) >= 11 is 0. The van der Waals surface area contributed by atoms with Crippen LogP contribution in [0.3, 0.4) is 0 Å². The Kier molecular flexibility index (Phi) is 4.58. The molecule has 4 heteroatoms. The van der Waals surface area contributed by atoms with Crippen LogP contribution in [-0.2, 0) is 0 Å². The molecule has 1 N–H and O–H groups in total. The maximum atomic E-state index is 4.84. The van der Waals surface area contributed by atoms with E-state index >= 15 is 0 Å². The molecule has 4 nitrogen and oxygen atoms in total. The van der Waals surface area contributed by atoms with Crippen LogP contribution >= 0.6 is 0 Å². The molecule has 3 heterocycles. The number of nitrogens with zero attached hydrogens (tertiary/aromatic N) is 3. The van der Waals surface area contributed by atoms with Crippen LogP contribution in [0, 0.1) is 11.8 Å². The standard InChI is InChI=1S/C24H22N4/c1-24(2,3)27-23-22(26-21-9-5-7-17-28(21)23)19-13-10-18(11-14-19)12-15-20-8-4-6-16-25-20/h4-11,13-14,16-17,27H,1-3H3. The first-order valence-electron chi connectivity index (χ1n) is 9.28. The summed E-state index contributed by atoms with van der Waals surface area (Å²) in [5.41, 5.74) is 4.55. The molecule has 0 aliphatic heterocycles. The van der Waals surface area contributed by atoms with Crippen LogP contribution in [0.15, 0.2) is 73.1 Å². The summed E-state index contributed by atoms with van der Waals surface area (Å²) in [6.45, 7) is 6.44. The number of pyridine rings is 2. The minimum absolute atomic E-state index is 0.0747. The number of rotatable bonds is 2. The van der Waals surface area contributed by atoms with Crippen molar-refractivity contribution in [1.82, 2.24) is 14.4 Å². The van der Waals surface area contributed by atoms with Gasteiger partial charge in [-0.15, -0.1) is 0 Å². The number of aromatic nitrogens is 3. The molecule has 0 saturated carbocycles. The quantitative estimate of drug-likeness (QED) is 0.507. The van der Waals surface area contributed by atoms with E-state index in [-0.39, 0.29) is 5.54 Å². The van der Waals surface area contributed by atoms with Crippen molar-refractivity contribution in [3.63, 3.8) is 0 Å². The molecule has 0 spiro atoms. The van der Waals surface area contributed by atoms with Gasteiger partial charge in [0.1, 0.15) is 22.9 Å². The molecule has 0 aliphatic rings. The molecule has 0 amide bonds. The first-order chi connectivity index (χ1) is 13.5. The van der Waals surface area contributed by atoms with Crippen molar-refractivity contribution in [1.29, 1.82) is 0 Å². The number of hydrogen-bond donors (Lipinski definition) is 1. The molecule has 28 heavy (non-hydrogen) atoms. The summed E-state index contributed by atoms with van der Waals surface area (Å²) in [7, 11) is 0. The Morgan fingerprint density at radius 2 is 1.68 bits per heavy atom. The molecule has 0 bridgehead atoms. The number of imidazole rings is 1. The highest BCUT2D eigenvalue weighted by Gasteiger charge is 2.18. The second-order valence-corrected chi connectivity index (χ2v) is 7.66. The van der Waals surface area contributed by atoms with Crippen LogP contribution in [-0.4, -0.2) is 19.9 Å². The largest absolute Gasteiger partial charge is 0.365 e. The number of fused-ring (bicyclic) bond motifs is 1. The van der Waals surface area contributed by atoms with Crippen molar-refractivity contribution in [2.75, 3.05) is 5.32 Å². The zero-order valence-electron chi connectivity index (χ0n) is 16.3. The zero-order chi connectivity index (χ0) is 19.6. The third kappa shape index (κ3) is 3.89. The molecule has 4 rings (SSSR count). The van der Waals surface area contributed by atoms with Gasteiger partial charge in [-0.2, -0.15) is 0 Å². The Morgan fingerprint density at radius 1 is 0.893 bits per heavy atom. The highest BCUT2D eigenvalue weighted by atomic mass is 15.2. The Balaban J connectivity index is 1.70. The van der Waals surface area contributed by atoms with Crippen LogP contribution in [0.25, 0.3) is 16.9 Å². The Morgan fingerprint density at radius 3 is 2.39 bits per heavy atom. The van der Waals surface area contributed by atoms with E-state index in [1.54, 1.807) is 6.20 Å². The lowest BCUT2D eigenvalue weighted by atomic mass is 10.1. The minimum Gasteiger partial charge on any atom is -0.365 e. The van der Waals surface area contributed by atoms with E-state index in [1.807, 2.05) is 54.7 Å². The topological polar surface area (TPSA) is 42.2 Å². The van der Waals surface area contributed by atoms with Gasteiger partial charge in [-0.1, -0.05) is 30.2 Å². The Labute approximate surface area is 165 Å². The predicted octanol–water partition coefficient (Wildman–Crippen LogP) is 5.01. The van der Waals surface area contributed by atoms with Gasteiger partial charge in [0, 0.05) is 29.1 Å². The van der Waals surface area contributed by atoms with E-state index in [9.17, 15) is 0 Å². The highest BCUT2D eigenvalue weighted by molar-refractivity contribution is 5.77. The number of anilines is 1. The van der Waals surface area contributed by atoms with Crippen molar-refractivity contribution >= 4 is 11.5 Å². The SMILES string of the molecule is CC(C)(C)Nc1c(-c2ccc(C#Cc3ccccn3)cc2)nc2ccccn12. The van der Waals surface area contributed by atoms with Crippen LogP contribution in [0.2, 0.25) is 0 Å². The van der Waals surface area contributed by atoms with E-state index in [0.29, 0.717) is 0 Å². The molecular weight excluding hydrogens is 344 g/mol. The molecule has 3 aromatic heterocycles. The molecule has 0 radical (unpaired) electrons. The van der Waals surface area contributed by atoms with Crippen LogP contribution in [0.4, 0.5) is 5.82 Å². The summed E-state index contributed by atoms with van der Waals surface area (Å²) in [5.74, 6) is 7.25. The summed E-state index contributed by atoms with van der Waals surface area (Å²) in [6.07, 6.45) is 3.78. The fourth-order valence-electron chi connectivity index (χ4n) is 2.96. The van der Waals surface area contributed by atoms with Gasteiger partial charge in [-0.3, -0.25) is 4.40 Å². The molecule has 1 aromatic carbocycles. The number of benzene rings is 1. The van der Waals surface area contributed by atoms with E-state index < -0.39 is 0 Å².